The van der Waals surface area contributed by atoms with Crippen molar-refractivity contribution in [3.8, 4) is 0 Å². The molecule has 0 saturated carbocycles. The molecular weight excluding hydrogens is 188 g/mol. The Morgan fingerprint density at radius 3 is 2.50 bits per heavy atom. The molecule has 1 atom stereocenters. The molecule has 12 heavy (non-hydrogen) atoms. The van der Waals surface area contributed by atoms with Crippen LogP contribution in [0.4, 0.5) is 4.79 Å². The number of esters is 1. The summed E-state index contributed by atoms with van der Waals surface area (Å²) in [5.74, 6) is -0.658. The molecule has 0 radical (unpaired) electrons. The summed E-state index contributed by atoms with van der Waals surface area (Å²) < 4.78 is 12.8. The Hall–Kier alpha value is -0.970. The van der Waals surface area contributed by atoms with Gasteiger partial charge in [0.1, 0.15) is 0 Å². The summed E-state index contributed by atoms with van der Waals surface area (Å²) in [5.41, 5.74) is -0.782. The minimum absolute atomic E-state index is 0.473. The average molecular weight is 197 g/mol. The predicted molar refractivity (Wildman–Crippen MR) is 39.8 cm³/mol. The van der Waals surface area contributed by atoms with Crippen LogP contribution in [0.2, 0.25) is 0 Å². The largest absolute Gasteiger partial charge is 0.510 e. The van der Waals surface area contributed by atoms with Gasteiger partial charge >= 0.3 is 12.1 Å². The summed E-state index contributed by atoms with van der Waals surface area (Å²) in [6.07, 6.45) is -0.997. The molecule has 6 heteroatoms. The van der Waals surface area contributed by atoms with Gasteiger partial charge in [-0.15, -0.1) is 0 Å². The first kappa shape index (κ1) is 11.0. The van der Waals surface area contributed by atoms with Crippen molar-refractivity contribution in [2.24, 2.45) is 0 Å². The topological polar surface area (TPSA) is 61.8 Å². The summed E-state index contributed by atoms with van der Waals surface area (Å²) in [5, 5.41) is 0. The highest BCUT2D eigenvalue weighted by Gasteiger charge is 2.10. The molecule has 0 saturated heterocycles. The van der Waals surface area contributed by atoms with Crippen LogP contribution in [0.1, 0.15) is 6.92 Å². The zero-order valence-electron chi connectivity index (χ0n) is 6.70. The molecule has 0 amide bonds. The molecule has 0 aliphatic heterocycles. The third kappa shape index (κ3) is 5.79. The predicted octanol–water partition coefficient (Wildman–Crippen LogP) is 0.897. The van der Waals surface area contributed by atoms with Crippen LogP contribution in [0.25, 0.3) is 0 Å². The Bertz CT molecular complexity index is 167. The summed E-state index contributed by atoms with van der Waals surface area (Å²) >= 11 is 5.28. The maximum atomic E-state index is 10.5. The molecule has 0 aliphatic rings. The molecule has 1 unspecified atom stereocenters. The molecule has 0 bridgehead atoms. The van der Waals surface area contributed by atoms with E-state index in [-0.39, 0.29) is 0 Å². The number of ether oxygens (including phenoxy) is 3. The summed E-state index contributed by atoms with van der Waals surface area (Å²) in [7, 11) is 1.18. The first-order valence-electron chi connectivity index (χ1n) is 3.10. The number of alkyl halides is 1. The third-order valence-corrected chi connectivity index (χ3v) is 0.883. The van der Waals surface area contributed by atoms with Crippen LogP contribution in [0, 0.1) is 0 Å². The molecule has 0 aromatic carbocycles. The van der Waals surface area contributed by atoms with E-state index in [1.807, 2.05) is 0 Å². The van der Waals surface area contributed by atoms with Gasteiger partial charge in [-0.3, -0.25) is 0 Å². The molecule has 0 heterocycles. The highest BCUT2D eigenvalue weighted by atomic mass is 35.5. The molecule has 0 fully saturated rings. The van der Waals surface area contributed by atoms with Crippen molar-refractivity contribution < 1.29 is 23.8 Å². The van der Waals surface area contributed by atoms with Crippen LogP contribution in [-0.4, -0.2) is 31.4 Å². The van der Waals surface area contributed by atoms with E-state index in [1.165, 1.54) is 14.0 Å². The molecule has 0 N–H and O–H groups in total. The summed E-state index contributed by atoms with van der Waals surface area (Å²) in [6, 6.07) is 0. The first-order valence-corrected chi connectivity index (χ1v) is 3.54. The third-order valence-electron chi connectivity index (χ3n) is 0.794. The van der Waals surface area contributed by atoms with Gasteiger partial charge in [-0.2, -0.15) is 0 Å². The normalized spacial score (nSPS) is 11.6. The number of rotatable bonds is 3. The average Bonchev–Trinajstić information content (AvgIpc) is 1.99. The minimum Gasteiger partial charge on any atom is -0.466 e. The van der Waals surface area contributed by atoms with Crippen molar-refractivity contribution in [3.05, 3.63) is 0 Å². The van der Waals surface area contributed by atoms with Gasteiger partial charge in [0.25, 0.3) is 0 Å². The smallest absolute Gasteiger partial charge is 0.466 e. The minimum atomic E-state index is -0.997. The SMILES string of the molecule is COC(=O)COC(=O)OC(C)Cl. The number of halogens is 1. The fraction of sp³-hybridized carbons (Fsp3) is 0.667. The van der Waals surface area contributed by atoms with Gasteiger partial charge in [0.05, 0.1) is 7.11 Å². The molecule has 70 valence electrons. The number of methoxy groups -OCH3 is 1. The van der Waals surface area contributed by atoms with Crippen LogP contribution in [-0.2, 0) is 19.0 Å². The Morgan fingerprint density at radius 2 is 2.08 bits per heavy atom. The van der Waals surface area contributed by atoms with Crippen molar-refractivity contribution in [1.29, 1.82) is 0 Å². The molecular formula is C6H9ClO5. The van der Waals surface area contributed by atoms with Gasteiger partial charge < -0.3 is 14.2 Å². The first-order chi connectivity index (χ1) is 5.56. The molecule has 5 nitrogen and oxygen atoms in total. The Kier molecular flexibility index (Phi) is 5.19. The van der Waals surface area contributed by atoms with Crippen LogP contribution in [0.5, 0.6) is 0 Å². The lowest BCUT2D eigenvalue weighted by Gasteiger charge is -2.05. The van der Waals surface area contributed by atoms with Crippen molar-refractivity contribution in [2.45, 2.75) is 12.5 Å². The van der Waals surface area contributed by atoms with Crippen molar-refractivity contribution in [1.82, 2.24) is 0 Å². The number of carbonyl (C=O) groups is 2. The van der Waals surface area contributed by atoms with E-state index in [9.17, 15) is 9.59 Å². The van der Waals surface area contributed by atoms with Gasteiger partial charge in [-0.1, -0.05) is 11.6 Å². The zero-order chi connectivity index (χ0) is 9.56. The molecule has 0 rings (SSSR count). The van der Waals surface area contributed by atoms with Crippen LogP contribution >= 0.6 is 11.6 Å². The van der Waals surface area contributed by atoms with E-state index >= 15 is 0 Å². The van der Waals surface area contributed by atoms with Crippen LogP contribution in [0.3, 0.4) is 0 Å². The van der Waals surface area contributed by atoms with E-state index in [4.69, 9.17) is 11.6 Å². The van der Waals surface area contributed by atoms with Crippen LogP contribution in [0.15, 0.2) is 0 Å². The Morgan fingerprint density at radius 1 is 1.50 bits per heavy atom. The fourth-order valence-electron chi connectivity index (χ4n) is 0.343. The zero-order valence-corrected chi connectivity index (χ0v) is 7.46. The number of hydrogen-bond acceptors (Lipinski definition) is 5. The standard InChI is InChI=1S/C6H9ClO5/c1-4(7)12-6(9)11-3-5(8)10-2/h4H,3H2,1-2H3. The molecule has 0 spiro atoms. The lowest BCUT2D eigenvalue weighted by Crippen LogP contribution is -2.17. The van der Waals surface area contributed by atoms with Gasteiger partial charge in [0.15, 0.2) is 12.2 Å². The van der Waals surface area contributed by atoms with Gasteiger partial charge in [0.2, 0.25) is 0 Å². The molecule has 0 aliphatic carbocycles. The fourth-order valence-corrected chi connectivity index (χ4v) is 0.416. The highest BCUT2D eigenvalue weighted by Crippen LogP contribution is 1.98. The van der Waals surface area contributed by atoms with Crippen molar-refractivity contribution in [2.75, 3.05) is 13.7 Å². The van der Waals surface area contributed by atoms with Crippen LogP contribution < -0.4 is 0 Å². The van der Waals surface area contributed by atoms with E-state index < -0.39 is 24.3 Å². The van der Waals surface area contributed by atoms with Crippen molar-refractivity contribution in [3.63, 3.8) is 0 Å². The highest BCUT2D eigenvalue weighted by molar-refractivity contribution is 6.19. The Balaban J connectivity index is 3.51. The maximum absolute atomic E-state index is 10.5. The lowest BCUT2D eigenvalue weighted by molar-refractivity contribution is -0.144. The Labute approximate surface area is 74.5 Å². The maximum Gasteiger partial charge on any atom is 0.510 e. The quantitative estimate of drug-likeness (QED) is 0.496. The monoisotopic (exact) mass is 196 g/mol. The van der Waals surface area contributed by atoms with Gasteiger partial charge in [-0.25, -0.2) is 9.59 Å². The summed E-state index contributed by atoms with van der Waals surface area (Å²) in [4.78, 5) is 21.0. The molecule has 0 aromatic heterocycles. The lowest BCUT2D eigenvalue weighted by atomic mass is 10.7. The van der Waals surface area contributed by atoms with Gasteiger partial charge in [0, 0.05) is 0 Å². The molecule has 0 aromatic rings. The second-order valence-electron chi connectivity index (χ2n) is 1.78. The van der Waals surface area contributed by atoms with Gasteiger partial charge in [-0.05, 0) is 6.92 Å². The van der Waals surface area contributed by atoms with E-state index in [2.05, 4.69) is 14.2 Å². The summed E-state index contributed by atoms with van der Waals surface area (Å²) in [6.45, 7) is 0.972. The second kappa shape index (κ2) is 5.65. The van der Waals surface area contributed by atoms with E-state index in [0.29, 0.717) is 0 Å². The van der Waals surface area contributed by atoms with E-state index in [1.54, 1.807) is 0 Å². The second-order valence-corrected chi connectivity index (χ2v) is 2.39. The number of carbonyl (C=O) groups excluding carboxylic acids is 2. The van der Waals surface area contributed by atoms with E-state index in [0.717, 1.165) is 0 Å². The van der Waals surface area contributed by atoms with Crippen molar-refractivity contribution >= 4 is 23.7 Å². The number of hydrogen-bond donors (Lipinski definition) is 0.